The van der Waals surface area contributed by atoms with Crippen molar-refractivity contribution in [1.82, 2.24) is 9.80 Å². The summed E-state index contributed by atoms with van der Waals surface area (Å²) in [6.45, 7) is 0.952. The van der Waals surface area contributed by atoms with Crippen LogP contribution in [0.4, 0.5) is 4.39 Å². The Balaban J connectivity index is 2.00. The number of ketones is 2. The molecule has 1 aliphatic rings. The van der Waals surface area contributed by atoms with Gasteiger partial charge in [-0.1, -0.05) is 18.2 Å². The topological polar surface area (TPSA) is 66.9 Å². The first-order chi connectivity index (χ1) is 14.3. The molecule has 2 unspecified atom stereocenters. The van der Waals surface area contributed by atoms with E-state index in [0.717, 1.165) is 0 Å². The molecule has 0 aliphatic carbocycles. The Morgan fingerprint density at radius 2 is 1.77 bits per heavy atom. The van der Waals surface area contributed by atoms with Gasteiger partial charge in [-0.3, -0.25) is 14.4 Å². The van der Waals surface area contributed by atoms with Gasteiger partial charge in [0.15, 0.2) is 5.78 Å². The van der Waals surface area contributed by atoms with Crippen LogP contribution in [0.3, 0.4) is 0 Å². The lowest BCUT2D eigenvalue weighted by molar-refractivity contribution is -0.140. The molecular weight excluding hydrogens is 387 g/mol. The summed E-state index contributed by atoms with van der Waals surface area (Å²) in [5.74, 6) is -3.31. The summed E-state index contributed by atoms with van der Waals surface area (Å²) in [5.41, 5.74) is 0.451. The SMILES string of the molecule is COc1ccc(C(=O)C2C(=O)C(=O)N(CCCN(C)C)C2c2ccccc2F)cc1. The molecule has 30 heavy (non-hydrogen) atoms. The first kappa shape index (κ1) is 21.6. The van der Waals surface area contributed by atoms with E-state index in [1.165, 1.54) is 30.2 Å². The molecule has 3 rings (SSSR count). The Labute approximate surface area is 175 Å². The molecule has 7 heteroatoms. The second-order valence-corrected chi connectivity index (χ2v) is 7.56. The number of amides is 1. The molecule has 2 aromatic carbocycles. The third kappa shape index (κ3) is 4.26. The number of Topliss-reactive ketones (excluding diaryl/α,β-unsaturated/α-hetero) is 2. The summed E-state index contributed by atoms with van der Waals surface area (Å²) >= 11 is 0. The van der Waals surface area contributed by atoms with Gasteiger partial charge < -0.3 is 14.5 Å². The first-order valence-electron chi connectivity index (χ1n) is 9.77. The lowest BCUT2D eigenvalue weighted by atomic mass is 9.86. The zero-order chi connectivity index (χ0) is 21.8. The molecule has 1 saturated heterocycles. The molecule has 1 fully saturated rings. The normalized spacial score (nSPS) is 18.9. The third-order valence-electron chi connectivity index (χ3n) is 5.29. The van der Waals surface area contributed by atoms with E-state index < -0.39 is 35.3 Å². The van der Waals surface area contributed by atoms with E-state index >= 15 is 0 Å². The molecule has 0 aromatic heterocycles. The monoisotopic (exact) mass is 412 g/mol. The minimum Gasteiger partial charge on any atom is -0.497 e. The summed E-state index contributed by atoms with van der Waals surface area (Å²) in [5, 5.41) is 0. The van der Waals surface area contributed by atoms with Gasteiger partial charge in [-0.2, -0.15) is 0 Å². The lowest BCUT2D eigenvalue weighted by Gasteiger charge is -2.28. The van der Waals surface area contributed by atoms with Gasteiger partial charge in [-0.15, -0.1) is 0 Å². The van der Waals surface area contributed by atoms with E-state index in [1.54, 1.807) is 30.3 Å². The van der Waals surface area contributed by atoms with E-state index in [0.29, 0.717) is 18.7 Å². The summed E-state index contributed by atoms with van der Waals surface area (Å²) in [6.07, 6.45) is 0.598. The molecule has 158 valence electrons. The average Bonchev–Trinajstić information content (AvgIpc) is 2.98. The van der Waals surface area contributed by atoms with E-state index in [9.17, 15) is 18.8 Å². The van der Waals surface area contributed by atoms with Crippen LogP contribution < -0.4 is 4.74 Å². The second kappa shape index (κ2) is 9.17. The highest BCUT2D eigenvalue weighted by Gasteiger charge is 2.52. The molecule has 0 spiro atoms. The van der Waals surface area contributed by atoms with E-state index in [-0.39, 0.29) is 17.7 Å². The fourth-order valence-electron chi connectivity index (χ4n) is 3.78. The van der Waals surface area contributed by atoms with Crippen molar-refractivity contribution in [2.24, 2.45) is 5.92 Å². The predicted octanol–water partition coefficient (Wildman–Crippen LogP) is 2.74. The minimum atomic E-state index is -1.29. The standard InChI is InChI=1S/C23H25FN2O4/c1-25(2)13-6-14-26-20(17-7-4-5-8-18(17)24)19(22(28)23(26)29)21(27)15-9-11-16(30-3)12-10-15/h4-5,7-12,19-20H,6,13-14H2,1-3H3. The number of carbonyl (C=O) groups excluding carboxylic acids is 3. The van der Waals surface area contributed by atoms with Crippen molar-refractivity contribution >= 4 is 17.5 Å². The van der Waals surface area contributed by atoms with Crippen LogP contribution in [0.5, 0.6) is 5.75 Å². The van der Waals surface area contributed by atoms with E-state index in [1.807, 2.05) is 19.0 Å². The number of hydrogen-bond acceptors (Lipinski definition) is 5. The number of halogens is 1. The maximum absolute atomic E-state index is 14.7. The fraction of sp³-hybridized carbons (Fsp3) is 0.348. The van der Waals surface area contributed by atoms with Crippen molar-refractivity contribution in [3.8, 4) is 5.75 Å². The van der Waals surface area contributed by atoms with Crippen LogP contribution >= 0.6 is 0 Å². The number of rotatable bonds is 8. The highest BCUT2D eigenvalue weighted by molar-refractivity contribution is 6.44. The smallest absolute Gasteiger partial charge is 0.291 e. The average molecular weight is 412 g/mol. The zero-order valence-electron chi connectivity index (χ0n) is 17.3. The summed E-state index contributed by atoms with van der Waals surface area (Å²) in [4.78, 5) is 42.2. The molecule has 6 nitrogen and oxygen atoms in total. The number of methoxy groups -OCH3 is 1. The Morgan fingerprint density at radius 1 is 1.10 bits per heavy atom. The number of benzene rings is 2. The van der Waals surface area contributed by atoms with Crippen molar-refractivity contribution in [2.75, 3.05) is 34.3 Å². The maximum Gasteiger partial charge on any atom is 0.291 e. The molecule has 2 atom stereocenters. The van der Waals surface area contributed by atoms with Crippen LogP contribution in [0, 0.1) is 11.7 Å². The minimum absolute atomic E-state index is 0.174. The van der Waals surface area contributed by atoms with Gasteiger partial charge in [-0.05, 0) is 57.4 Å². The Bertz CT molecular complexity index is 942. The van der Waals surface area contributed by atoms with Crippen LogP contribution in [0.1, 0.15) is 28.4 Å². The number of nitrogens with zero attached hydrogens (tertiary/aromatic N) is 2. The molecule has 1 aliphatic heterocycles. The lowest BCUT2D eigenvalue weighted by Crippen LogP contribution is -2.33. The molecule has 0 N–H and O–H groups in total. The first-order valence-corrected chi connectivity index (χ1v) is 9.77. The quantitative estimate of drug-likeness (QED) is 0.379. The number of hydrogen-bond donors (Lipinski definition) is 0. The summed E-state index contributed by atoms with van der Waals surface area (Å²) < 4.78 is 19.8. The van der Waals surface area contributed by atoms with Crippen LogP contribution in [0.25, 0.3) is 0 Å². The van der Waals surface area contributed by atoms with Gasteiger partial charge in [0.05, 0.1) is 13.2 Å². The highest BCUT2D eigenvalue weighted by Crippen LogP contribution is 2.39. The largest absolute Gasteiger partial charge is 0.497 e. The van der Waals surface area contributed by atoms with Crippen molar-refractivity contribution in [2.45, 2.75) is 12.5 Å². The van der Waals surface area contributed by atoms with Crippen molar-refractivity contribution in [3.63, 3.8) is 0 Å². The van der Waals surface area contributed by atoms with Crippen LogP contribution in [-0.4, -0.2) is 61.6 Å². The van der Waals surface area contributed by atoms with Gasteiger partial charge >= 0.3 is 0 Å². The third-order valence-corrected chi connectivity index (χ3v) is 5.29. The molecule has 2 aromatic rings. The number of carbonyl (C=O) groups is 3. The van der Waals surface area contributed by atoms with Crippen LogP contribution in [-0.2, 0) is 9.59 Å². The van der Waals surface area contributed by atoms with Gasteiger partial charge in [0.1, 0.15) is 17.5 Å². The Kier molecular flexibility index (Phi) is 6.62. The molecule has 0 radical (unpaired) electrons. The van der Waals surface area contributed by atoms with E-state index in [2.05, 4.69) is 0 Å². The molecular formula is C23H25FN2O4. The Hall–Kier alpha value is -3.06. The predicted molar refractivity (Wildman–Crippen MR) is 110 cm³/mol. The zero-order valence-corrected chi connectivity index (χ0v) is 17.3. The van der Waals surface area contributed by atoms with Crippen molar-refractivity contribution < 1.29 is 23.5 Å². The van der Waals surface area contributed by atoms with Gasteiger partial charge in [0.25, 0.3) is 5.91 Å². The number of ether oxygens (including phenoxy) is 1. The molecule has 0 bridgehead atoms. The second-order valence-electron chi connectivity index (χ2n) is 7.56. The summed E-state index contributed by atoms with van der Waals surface area (Å²) in [6, 6.07) is 11.3. The molecule has 0 saturated carbocycles. The van der Waals surface area contributed by atoms with Crippen LogP contribution in [0.2, 0.25) is 0 Å². The van der Waals surface area contributed by atoms with Gasteiger partial charge in [0.2, 0.25) is 5.78 Å². The van der Waals surface area contributed by atoms with Gasteiger partial charge in [-0.25, -0.2) is 4.39 Å². The maximum atomic E-state index is 14.7. The van der Waals surface area contributed by atoms with Gasteiger partial charge in [0, 0.05) is 17.7 Å². The van der Waals surface area contributed by atoms with Crippen molar-refractivity contribution in [3.05, 3.63) is 65.5 Å². The molecule has 1 heterocycles. The number of likely N-dealkylation sites (tertiary alicyclic amines) is 1. The fourth-order valence-corrected chi connectivity index (χ4v) is 3.78. The molecule has 1 amide bonds. The van der Waals surface area contributed by atoms with E-state index in [4.69, 9.17) is 4.74 Å². The van der Waals surface area contributed by atoms with Crippen molar-refractivity contribution in [1.29, 1.82) is 0 Å². The highest BCUT2D eigenvalue weighted by atomic mass is 19.1. The van der Waals surface area contributed by atoms with Crippen LogP contribution in [0.15, 0.2) is 48.5 Å². The summed E-state index contributed by atoms with van der Waals surface area (Å²) in [7, 11) is 5.32. The Morgan fingerprint density at radius 3 is 2.37 bits per heavy atom.